The first-order valence-corrected chi connectivity index (χ1v) is 8.97. The standard InChI is InChI=1S/C17H21ClN8O/c1-3-14-24-22-11-26(14)8-7-20-17(19-2)21-10-15-23-16(25-27-15)12-5-4-6-13(18)9-12/h4-6,9,11H,3,7-8,10H2,1-2H3,(H2,19,20,21). The number of aryl methyl sites for hydroxylation is 1. The molecule has 1 aromatic carbocycles. The average molecular weight is 389 g/mol. The molecule has 0 atom stereocenters. The maximum Gasteiger partial charge on any atom is 0.246 e. The largest absolute Gasteiger partial charge is 0.355 e. The van der Waals surface area contributed by atoms with Crippen LogP contribution in [-0.4, -0.2) is 44.5 Å². The van der Waals surface area contributed by atoms with Crippen LogP contribution in [0.1, 0.15) is 18.6 Å². The molecule has 0 aliphatic carbocycles. The number of guanidine groups is 1. The quantitative estimate of drug-likeness (QED) is 0.470. The fourth-order valence-corrected chi connectivity index (χ4v) is 2.68. The average Bonchev–Trinajstić information content (AvgIpc) is 3.33. The predicted molar refractivity (Wildman–Crippen MR) is 102 cm³/mol. The summed E-state index contributed by atoms with van der Waals surface area (Å²) in [5.41, 5.74) is 0.806. The number of nitrogens with zero attached hydrogens (tertiary/aromatic N) is 6. The summed E-state index contributed by atoms with van der Waals surface area (Å²) >= 11 is 6.00. The molecule has 142 valence electrons. The molecule has 0 fully saturated rings. The fraction of sp³-hybridized carbons (Fsp3) is 0.353. The first-order valence-electron chi connectivity index (χ1n) is 8.59. The lowest BCUT2D eigenvalue weighted by molar-refractivity contribution is 0.375. The summed E-state index contributed by atoms with van der Waals surface area (Å²) in [6.07, 6.45) is 2.58. The van der Waals surface area contributed by atoms with Crippen LogP contribution in [0, 0.1) is 0 Å². The van der Waals surface area contributed by atoms with Gasteiger partial charge in [0.05, 0.1) is 6.54 Å². The van der Waals surface area contributed by atoms with Crippen molar-refractivity contribution >= 4 is 17.6 Å². The highest BCUT2D eigenvalue weighted by atomic mass is 35.5. The number of halogens is 1. The van der Waals surface area contributed by atoms with Crippen molar-refractivity contribution in [3.63, 3.8) is 0 Å². The Hall–Kier alpha value is -2.94. The molecule has 0 saturated carbocycles. The van der Waals surface area contributed by atoms with Gasteiger partial charge < -0.3 is 19.7 Å². The van der Waals surface area contributed by atoms with Crippen LogP contribution in [0.15, 0.2) is 40.1 Å². The number of aromatic nitrogens is 5. The molecule has 3 rings (SSSR count). The Morgan fingerprint density at radius 2 is 2.22 bits per heavy atom. The van der Waals surface area contributed by atoms with Gasteiger partial charge in [-0.05, 0) is 12.1 Å². The second kappa shape index (κ2) is 9.13. The Balaban J connectivity index is 1.50. The molecule has 0 spiro atoms. The molecule has 0 radical (unpaired) electrons. The van der Waals surface area contributed by atoms with Crippen molar-refractivity contribution in [2.45, 2.75) is 26.4 Å². The summed E-state index contributed by atoms with van der Waals surface area (Å²) in [5.74, 6) is 2.56. The molecule has 9 nitrogen and oxygen atoms in total. The van der Waals surface area contributed by atoms with Crippen molar-refractivity contribution in [2.24, 2.45) is 4.99 Å². The van der Waals surface area contributed by atoms with Gasteiger partial charge in [0.1, 0.15) is 12.2 Å². The van der Waals surface area contributed by atoms with E-state index >= 15 is 0 Å². The zero-order valence-corrected chi connectivity index (χ0v) is 15.9. The van der Waals surface area contributed by atoms with Crippen molar-refractivity contribution in [1.82, 2.24) is 35.5 Å². The van der Waals surface area contributed by atoms with Crippen molar-refractivity contribution < 1.29 is 4.52 Å². The summed E-state index contributed by atoms with van der Waals surface area (Å²) in [5, 5.41) is 19.0. The molecule has 0 aliphatic rings. The zero-order chi connectivity index (χ0) is 19.1. The molecule has 27 heavy (non-hydrogen) atoms. The molecule has 2 N–H and O–H groups in total. The van der Waals surface area contributed by atoms with Crippen LogP contribution in [0.2, 0.25) is 5.02 Å². The highest BCUT2D eigenvalue weighted by Crippen LogP contribution is 2.19. The monoisotopic (exact) mass is 388 g/mol. The second-order valence-electron chi connectivity index (χ2n) is 5.67. The van der Waals surface area contributed by atoms with Crippen molar-refractivity contribution in [3.05, 3.63) is 47.3 Å². The number of hydrogen-bond acceptors (Lipinski definition) is 6. The van der Waals surface area contributed by atoms with E-state index in [9.17, 15) is 0 Å². The van der Waals surface area contributed by atoms with Gasteiger partial charge in [0.2, 0.25) is 11.7 Å². The van der Waals surface area contributed by atoms with Gasteiger partial charge in [0.15, 0.2) is 5.96 Å². The first kappa shape index (κ1) is 18.8. The molecule has 2 aromatic heterocycles. The molecule has 0 aliphatic heterocycles. The van der Waals surface area contributed by atoms with E-state index in [1.54, 1.807) is 25.5 Å². The maximum atomic E-state index is 6.00. The van der Waals surface area contributed by atoms with Crippen LogP contribution in [0.4, 0.5) is 0 Å². The van der Waals surface area contributed by atoms with E-state index in [-0.39, 0.29) is 0 Å². The number of aliphatic imine (C=N–C) groups is 1. The zero-order valence-electron chi connectivity index (χ0n) is 15.2. The van der Waals surface area contributed by atoms with E-state index in [1.807, 2.05) is 16.7 Å². The third-order valence-electron chi connectivity index (χ3n) is 3.84. The van der Waals surface area contributed by atoms with Gasteiger partial charge in [0.25, 0.3) is 0 Å². The fourth-order valence-electron chi connectivity index (χ4n) is 2.49. The Labute approximate surface area is 161 Å². The van der Waals surface area contributed by atoms with Crippen LogP contribution in [0.25, 0.3) is 11.4 Å². The third kappa shape index (κ3) is 5.04. The Morgan fingerprint density at radius 1 is 1.33 bits per heavy atom. The van der Waals surface area contributed by atoms with Crippen LogP contribution < -0.4 is 10.6 Å². The minimum atomic E-state index is 0.361. The van der Waals surface area contributed by atoms with E-state index < -0.39 is 0 Å². The topological polar surface area (TPSA) is 106 Å². The van der Waals surface area contributed by atoms with E-state index in [2.05, 4.69) is 42.9 Å². The van der Waals surface area contributed by atoms with Crippen LogP contribution in [0.5, 0.6) is 0 Å². The summed E-state index contributed by atoms with van der Waals surface area (Å²) in [7, 11) is 1.71. The summed E-state index contributed by atoms with van der Waals surface area (Å²) in [4.78, 5) is 8.56. The van der Waals surface area contributed by atoms with Gasteiger partial charge in [-0.15, -0.1) is 10.2 Å². The van der Waals surface area contributed by atoms with E-state index in [0.29, 0.717) is 35.8 Å². The molecular formula is C17H21ClN8O. The normalized spacial score (nSPS) is 11.6. The highest BCUT2D eigenvalue weighted by molar-refractivity contribution is 6.30. The van der Waals surface area contributed by atoms with Gasteiger partial charge in [-0.25, -0.2) is 0 Å². The second-order valence-corrected chi connectivity index (χ2v) is 6.11. The smallest absolute Gasteiger partial charge is 0.246 e. The van der Waals surface area contributed by atoms with E-state index in [1.165, 1.54) is 0 Å². The predicted octanol–water partition coefficient (Wildman–Crippen LogP) is 1.91. The number of nitrogens with one attached hydrogen (secondary N) is 2. The molecule has 0 amide bonds. The Bertz CT molecular complexity index is 904. The summed E-state index contributed by atoms with van der Waals surface area (Å²) < 4.78 is 7.29. The van der Waals surface area contributed by atoms with E-state index in [0.717, 1.165) is 24.4 Å². The first-order chi connectivity index (χ1) is 13.2. The Morgan fingerprint density at radius 3 is 3.00 bits per heavy atom. The lowest BCUT2D eigenvalue weighted by Gasteiger charge is -2.11. The molecule has 0 bridgehead atoms. The van der Waals surface area contributed by atoms with Crippen LogP contribution >= 0.6 is 11.6 Å². The van der Waals surface area contributed by atoms with Crippen LogP contribution in [-0.2, 0) is 19.5 Å². The number of rotatable bonds is 7. The minimum absolute atomic E-state index is 0.361. The van der Waals surface area contributed by atoms with Crippen LogP contribution in [0.3, 0.4) is 0 Å². The van der Waals surface area contributed by atoms with E-state index in [4.69, 9.17) is 16.1 Å². The maximum absolute atomic E-state index is 6.00. The Kier molecular flexibility index (Phi) is 6.37. The van der Waals surface area contributed by atoms with Crippen molar-refractivity contribution in [1.29, 1.82) is 0 Å². The number of hydrogen-bond donors (Lipinski definition) is 2. The molecular weight excluding hydrogens is 368 g/mol. The molecule has 0 unspecified atom stereocenters. The molecule has 10 heteroatoms. The van der Waals surface area contributed by atoms with Gasteiger partial charge in [-0.3, -0.25) is 4.99 Å². The van der Waals surface area contributed by atoms with Crippen molar-refractivity contribution in [3.8, 4) is 11.4 Å². The van der Waals surface area contributed by atoms with Gasteiger partial charge in [0, 0.05) is 37.1 Å². The number of benzene rings is 1. The summed E-state index contributed by atoms with van der Waals surface area (Å²) in [6, 6.07) is 7.31. The molecule has 2 heterocycles. The lowest BCUT2D eigenvalue weighted by atomic mass is 10.2. The third-order valence-corrected chi connectivity index (χ3v) is 4.07. The van der Waals surface area contributed by atoms with Crippen molar-refractivity contribution in [2.75, 3.05) is 13.6 Å². The SMILES string of the molecule is CCc1nncn1CCNC(=NC)NCc1nc(-c2cccc(Cl)c2)no1. The highest BCUT2D eigenvalue weighted by Gasteiger charge is 2.09. The lowest BCUT2D eigenvalue weighted by Crippen LogP contribution is -2.38. The minimum Gasteiger partial charge on any atom is -0.355 e. The molecule has 3 aromatic rings. The summed E-state index contributed by atoms with van der Waals surface area (Å²) in [6.45, 7) is 3.84. The van der Waals surface area contributed by atoms with Gasteiger partial charge in [-0.2, -0.15) is 4.98 Å². The van der Waals surface area contributed by atoms with Gasteiger partial charge >= 0.3 is 0 Å². The van der Waals surface area contributed by atoms with Gasteiger partial charge in [-0.1, -0.05) is 35.8 Å². The molecule has 0 saturated heterocycles.